The molecule has 0 unspecified atom stereocenters. The van der Waals surface area contributed by atoms with E-state index in [1.165, 1.54) is 43.5 Å². The van der Waals surface area contributed by atoms with Crippen molar-refractivity contribution in [2.45, 2.75) is 32.1 Å². The third kappa shape index (κ3) is 2.52. The molecule has 0 spiro atoms. The summed E-state index contributed by atoms with van der Waals surface area (Å²) in [4.78, 5) is 2.53. The zero-order valence-electron chi connectivity index (χ0n) is 11.4. The van der Waals surface area contributed by atoms with Crippen molar-refractivity contribution in [3.8, 4) is 0 Å². The van der Waals surface area contributed by atoms with Crippen molar-refractivity contribution in [2.24, 2.45) is 0 Å². The largest absolute Gasteiger partial charge is 0.464 e. The van der Waals surface area contributed by atoms with Crippen LogP contribution >= 0.6 is 0 Å². The van der Waals surface area contributed by atoms with E-state index in [1.54, 1.807) is 0 Å². The van der Waals surface area contributed by atoms with E-state index in [0.717, 1.165) is 18.5 Å². The summed E-state index contributed by atoms with van der Waals surface area (Å²) in [5.74, 6) is 0.325. The maximum Gasteiger partial charge on any atom is 0.137 e. The third-order valence-electron chi connectivity index (χ3n) is 4.13. The standard InChI is InChI=1S/C16H20FNO/c1-2-7-18-8-5-12(6-9-18)15-11-19-16-10-13(17)3-4-14(15)16/h3-4,10-12H,2,5-9H2,1H3. The topological polar surface area (TPSA) is 16.4 Å². The molecular formula is C16H20FNO. The van der Waals surface area contributed by atoms with Crippen LogP contribution in [0.15, 0.2) is 28.9 Å². The molecule has 19 heavy (non-hydrogen) atoms. The van der Waals surface area contributed by atoms with Crippen LogP contribution in [0.4, 0.5) is 4.39 Å². The van der Waals surface area contributed by atoms with Gasteiger partial charge in [0.2, 0.25) is 0 Å². The molecule has 0 radical (unpaired) electrons. The van der Waals surface area contributed by atoms with Gasteiger partial charge in [0, 0.05) is 17.0 Å². The number of furan rings is 1. The van der Waals surface area contributed by atoms with Gasteiger partial charge in [0.15, 0.2) is 0 Å². The van der Waals surface area contributed by atoms with Crippen LogP contribution in [-0.4, -0.2) is 24.5 Å². The summed E-state index contributed by atoms with van der Waals surface area (Å²) in [5, 5.41) is 1.08. The second-order valence-corrected chi connectivity index (χ2v) is 5.45. The second kappa shape index (κ2) is 5.33. The van der Waals surface area contributed by atoms with E-state index in [-0.39, 0.29) is 5.82 Å². The lowest BCUT2D eigenvalue weighted by Crippen LogP contribution is -2.33. The first kappa shape index (κ1) is 12.7. The quantitative estimate of drug-likeness (QED) is 0.824. The molecule has 1 aliphatic rings. The Morgan fingerprint density at radius 2 is 2.11 bits per heavy atom. The Morgan fingerprint density at radius 3 is 2.84 bits per heavy atom. The number of hydrogen-bond acceptors (Lipinski definition) is 2. The van der Waals surface area contributed by atoms with Crippen LogP contribution in [0, 0.1) is 5.82 Å². The molecule has 0 aliphatic carbocycles. The van der Waals surface area contributed by atoms with Crippen LogP contribution in [0.25, 0.3) is 11.0 Å². The van der Waals surface area contributed by atoms with Gasteiger partial charge in [0.05, 0.1) is 6.26 Å². The van der Waals surface area contributed by atoms with Crippen LogP contribution < -0.4 is 0 Å². The molecular weight excluding hydrogens is 241 g/mol. The predicted molar refractivity (Wildman–Crippen MR) is 74.9 cm³/mol. The SMILES string of the molecule is CCCN1CCC(c2coc3cc(F)ccc23)CC1. The second-order valence-electron chi connectivity index (χ2n) is 5.45. The van der Waals surface area contributed by atoms with E-state index in [0.29, 0.717) is 11.5 Å². The minimum absolute atomic E-state index is 0.230. The van der Waals surface area contributed by atoms with Crippen LogP contribution in [0.1, 0.15) is 37.7 Å². The number of halogens is 1. The number of rotatable bonds is 3. The lowest BCUT2D eigenvalue weighted by atomic mass is 9.89. The van der Waals surface area contributed by atoms with Gasteiger partial charge >= 0.3 is 0 Å². The van der Waals surface area contributed by atoms with E-state index in [1.807, 2.05) is 12.3 Å². The van der Waals surface area contributed by atoms with Gasteiger partial charge in [-0.1, -0.05) is 6.92 Å². The number of likely N-dealkylation sites (tertiary alicyclic amines) is 1. The highest BCUT2D eigenvalue weighted by Crippen LogP contribution is 2.34. The van der Waals surface area contributed by atoms with Crippen molar-refractivity contribution in [2.75, 3.05) is 19.6 Å². The fraction of sp³-hybridized carbons (Fsp3) is 0.500. The molecule has 2 nitrogen and oxygen atoms in total. The molecule has 3 heteroatoms. The highest BCUT2D eigenvalue weighted by atomic mass is 19.1. The Morgan fingerprint density at radius 1 is 1.32 bits per heavy atom. The van der Waals surface area contributed by atoms with Gasteiger partial charge in [-0.15, -0.1) is 0 Å². The summed E-state index contributed by atoms with van der Waals surface area (Å²) in [6, 6.07) is 4.85. The first-order valence-electron chi connectivity index (χ1n) is 7.17. The Labute approximate surface area is 113 Å². The molecule has 2 heterocycles. The van der Waals surface area contributed by atoms with Gasteiger partial charge in [-0.3, -0.25) is 0 Å². The van der Waals surface area contributed by atoms with Gasteiger partial charge in [0.1, 0.15) is 11.4 Å². The van der Waals surface area contributed by atoms with Gasteiger partial charge in [0.25, 0.3) is 0 Å². The lowest BCUT2D eigenvalue weighted by molar-refractivity contribution is 0.213. The molecule has 3 rings (SSSR count). The van der Waals surface area contributed by atoms with E-state index in [2.05, 4.69) is 11.8 Å². The molecule has 0 saturated carbocycles. The molecule has 1 fully saturated rings. The number of hydrogen-bond donors (Lipinski definition) is 0. The summed E-state index contributed by atoms with van der Waals surface area (Å²) in [6.45, 7) is 5.74. The van der Waals surface area contributed by atoms with Gasteiger partial charge in [-0.05, 0) is 56.9 Å². The average Bonchev–Trinajstić information content (AvgIpc) is 2.83. The minimum atomic E-state index is -0.230. The fourth-order valence-electron chi connectivity index (χ4n) is 3.12. The summed E-state index contributed by atoms with van der Waals surface area (Å²) in [7, 11) is 0. The van der Waals surface area contributed by atoms with Crippen molar-refractivity contribution in [1.29, 1.82) is 0 Å². The molecule has 2 aromatic rings. The smallest absolute Gasteiger partial charge is 0.137 e. The zero-order valence-corrected chi connectivity index (χ0v) is 11.4. The van der Waals surface area contributed by atoms with Gasteiger partial charge < -0.3 is 9.32 Å². The lowest BCUT2D eigenvalue weighted by Gasteiger charge is -2.31. The fourth-order valence-corrected chi connectivity index (χ4v) is 3.12. The summed E-state index contributed by atoms with van der Waals surface area (Å²) in [6.07, 6.45) is 5.39. The zero-order chi connectivity index (χ0) is 13.2. The number of nitrogens with zero attached hydrogens (tertiary/aromatic N) is 1. The highest BCUT2D eigenvalue weighted by molar-refractivity contribution is 5.81. The molecule has 0 amide bonds. The maximum absolute atomic E-state index is 13.2. The average molecular weight is 261 g/mol. The van der Waals surface area contributed by atoms with Crippen LogP contribution in [0.5, 0.6) is 0 Å². The summed E-state index contributed by atoms with van der Waals surface area (Å²) in [5.41, 5.74) is 1.93. The van der Waals surface area contributed by atoms with Crippen molar-refractivity contribution < 1.29 is 8.81 Å². The monoisotopic (exact) mass is 261 g/mol. The molecule has 0 N–H and O–H groups in total. The molecule has 1 aromatic heterocycles. The highest BCUT2D eigenvalue weighted by Gasteiger charge is 2.23. The van der Waals surface area contributed by atoms with Crippen molar-refractivity contribution in [3.63, 3.8) is 0 Å². The van der Waals surface area contributed by atoms with Crippen molar-refractivity contribution in [3.05, 3.63) is 35.8 Å². The predicted octanol–water partition coefficient (Wildman–Crippen LogP) is 4.16. The van der Waals surface area contributed by atoms with Crippen molar-refractivity contribution >= 4 is 11.0 Å². The molecule has 1 aliphatic heterocycles. The normalized spacial score (nSPS) is 18.2. The number of benzene rings is 1. The minimum Gasteiger partial charge on any atom is -0.464 e. The first-order valence-corrected chi connectivity index (χ1v) is 7.17. The Hall–Kier alpha value is -1.35. The molecule has 102 valence electrons. The van der Waals surface area contributed by atoms with Crippen LogP contribution in [0.3, 0.4) is 0 Å². The Kier molecular flexibility index (Phi) is 3.56. The van der Waals surface area contributed by atoms with Crippen LogP contribution in [0.2, 0.25) is 0 Å². The van der Waals surface area contributed by atoms with Crippen molar-refractivity contribution in [1.82, 2.24) is 4.90 Å². The summed E-state index contributed by atoms with van der Waals surface area (Å²) >= 11 is 0. The Balaban J connectivity index is 1.78. The van der Waals surface area contributed by atoms with Gasteiger partial charge in [-0.25, -0.2) is 4.39 Å². The van der Waals surface area contributed by atoms with E-state index in [9.17, 15) is 4.39 Å². The van der Waals surface area contributed by atoms with E-state index in [4.69, 9.17) is 4.42 Å². The number of piperidine rings is 1. The molecule has 1 saturated heterocycles. The van der Waals surface area contributed by atoms with Crippen LogP contribution in [-0.2, 0) is 0 Å². The van der Waals surface area contributed by atoms with E-state index >= 15 is 0 Å². The van der Waals surface area contributed by atoms with E-state index < -0.39 is 0 Å². The third-order valence-corrected chi connectivity index (χ3v) is 4.13. The first-order chi connectivity index (χ1) is 9.28. The molecule has 1 aromatic carbocycles. The van der Waals surface area contributed by atoms with Gasteiger partial charge in [-0.2, -0.15) is 0 Å². The number of fused-ring (bicyclic) bond motifs is 1. The molecule has 0 bridgehead atoms. The summed E-state index contributed by atoms with van der Waals surface area (Å²) < 4.78 is 18.7. The Bertz CT molecular complexity index is 555. The molecule has 0 atom stereocenters. The maximum atomic E-state index is 13.2.